The van der Waals surface area contributed by atoms with Gasteiger partial charge in [0, 0.05) is 0 Å². The van der Waals surface area contributed by atoms with Crippen molar-refractivity contribution in [2.75, 3.05) is 11.4 Å². The molecule has 0 spiro atoms. The number of aryl methyl sites for hydroxylation is 2. The number of rotatable bonds is 4. The molecule has 1 heterocycles. The molecule has 1 aliphatic rings. The number of ether oxygens (including phenoxy) is 1. The van der Waals surface area contributed by atoms with Gasteiger partial charge in [0.25, 0.3) is 0 Å². The Labute approximate surface area is 178 Å². The molecule has 3 aromatic rings. The number of anilines is 1. The van der Waals surface area contributed by atoms with Gasteiger partial charge in [-0.3, -0.25) is 0 Å². The van der Waals surface area contributed by atoms with Crippen LogP contribution in [0.2, 0.25) is 5.32 Å². The van der Waals surface area contributed by atoms with E-state index in [1.807, 2.05) is 56.3 Å². The summed E-state index contributed by atoms with van der Waals surface area (Å²) in [5.41, 5.74) is 3.88. The third kappa shape index (κ3) is 3.80. The molecule has 150 valence electrons. The Hall–Kier alpha value is -2.27. The fourth-order valence-corrected chi connectivity index (χ4v) is 7.91. The summed E-state index contributed by atoms with van der Waals surface area (Å²) in [7, 11) is -2.08. The van der Waals surface area contributed by atoms with Crippen LogP contribution in [-0.4, -0.2) is 30.5 Å². The first-order valence-electron chi connectivity index (χ1n) is 9.38. The minimum absolute atomic E-state index is 0.201. The Balaban J connectivity index is 1.88. The summed E-state index contributed by atoms with van der Waals surface area (Å²) in [6.45, 7) is 3.96. The van der Waals surface area contributed by atoms with Crippen molar-refractivity contribution in [3.05, 3.63) is 83.4 Å². The molecule has 1 unspecified atom stereocenters. The van der Waals surface area contributed by atoms with E-state index in [2.05, 4.69) is 12.1 Å². The van der Waals surface area contributed by atoms with Crippen molar-refractivity contribution in [2.45, 2.75) is 30.1 Å². The molecular formula is C23H23NO3SSe. The summed E-state index contributed by atoms with van der Waals surface area (Å²) in [4.78, 5) is 0.323. The van der Waals surface area contributed by atoms with Crippen molar-refractivity contribution in [1.82, 2.24) is 0 Å². The standard InChI is InChI=1S/C23H23NO3SSe/c1-16-4-11-20(12-5-16)28(25,26)24-21-14-17(2)6-13-23(21)29-15-22(24)18-7-9-19(27-3)10-8-18/h4-14,22H,15H2,1-3H3. The Kier molecular flexibility index (Phi) is 5.43. The number of hydrogen-bond acceptors (Lipinski definition) is 3. The monoisotopic (exact) mass is 473 g/mol. The average molecular weight is 472 g/mol. The Morgan fingerprint density at radius 2 is 1.59 bits per heavy atom. The molecule has 0 N–H and O–H groups in total. The molecule has 0 amide bonds. The number of benzene rings is 3. The maximum absolute atomic E-state index is 13.8. The van der Waals surface area contributed by atoms with Crippen LogP contribution in [0.15, 0.2) is 71.6 Å². The topological polar surface area (TPSA) is 46.6 Å². The average Bonchev–Trinajstić information content (AvgIpc) is 2.73. The van der Waals surface area contributed by atoms with Crippen LogP contribution < -0.4 is 13.5 Å². The van der Waals surface area contributed by atoms with Gasteiger partial charge in [-0.1, -0.05) is 0 Å². The molecule has 0 saturated carbocycles. The number of nitrogens with zero attached hydrogens (tertiary/aromatic N) is 1. The molecule has 0 aromatic heterocycles. The van der Waals surface area contributed by atoms with Crippen LogP contribution in [0.5, 0.6) is 5.75 Å². The van der Waals surface area contributed by atoms with Crippen molar-refractivity contribution in [2.24, 2.45) is 0 Å². The summed E-state index contributed by atoms with van der Waals surface area (Å²) >= 11 is 0.201. The van der Waals surface area contributed by atoms with Crippen LogP contribution in [-0.2, 0) is 10.0 Å². The van der Waals surface area contributed by atoms with Crippen LogP contribution in [0.4, 0.5) is 5.69 Å². The van der Waals surface area contributed by atoms with Gasteiger partial charge in [0.05, 0.1) is 0 Å². The first kappa shape index (κ1) is 20.0. The van der Waals surface area contributed by atoms with Gasteiger partial charge in [-0.15, -0.1) is 0 Å². The molecule has 4 rings (SSSR count). The third-order valence-electron chi connectivity index (χ3n) is 5.11. The van der Waals surface area contributed by atoms with Gasteiger partial charge in [-0.25, -0.2) is 0 Å². The number of fused-ring (bicyclic) bond motifs is 1. The SMILES string of the molecule is COc1ccc(C2C[Se]c3ccc(C)cc3N2S(=O)(=O)c2ccc(C)cc2)cc1. The normalized spacial score (nSPS) is 16.4. The zero-order valence-electron chi connectivity index (χ0n) is 16.6. The molecule has 0 aliphatic carbocycles. The third-order valence-corrected chi connectivity index (χ3v) is 9.34. The molecule has 3 aromatic carbocycles. The fourth-order valence-electron chi connectivity index (χ4n) is 3.50. The van der Waals surface area contributed by atoms with E-state index in [-0.39, 0.29) is 21.0 Å². The Bertz CT molecular complexity index is 1130. The summed E-state index contributed by atoms with van der Waals surface area (Å²) in [6.07, 6.45) is 0. The predicted molar refractivity (Wildman–Crippen MR) is 118 cm³/mol. The molecule has 0 saturated heterocycles. The summed E-state index contributed by atoms with van der Waals surface area (Å²) in [6, 6.07) is 20.7. The first-order valence-corrected chi connectivity index (χ1v) is 12.9. The van der Waals surface area contributed by atoms with Crippen molar-refractivity contribution >= 4 is 35.1 Å². The van der Waals surface area contributed by atoms with Crippen LogP contribution in [0.25, 0.3) is 0 Å². The van der Waals surface area contributed by atoms with Gasteiger partial charge >= 0.3 is 179 Å². The molecule has 0 radical (unpaired) electrons. The second-order valence-electron chi connectivity index (χ2n) is 7.19. The quantitative estimate of drug-likeness (QED) is 0.539. The van der Waals surface area contributed by atoms with Crippen LogP contribution in [0, 0.1) is 13.8 Å². The zero-order chi connectivity index (χ0) is 20.6. The summed E-state index contributed by atoms with van der Waals surface area (Å²) < 4.78 is 35.6. The van der Waals surface area contributed by atoms with Crippen LogP contribution in [0.3, 0.4) is 0 Å². The van der Waals surface area contributed by atoms with Gasteiger partial charge in [0.15, 0.2) is 0 Å². The van der Waals surface area contributed by atoms with E-state index in [0.29, 0.717) is 4.90 Å². The molecule has 4 nitrogen and oxygen atoms in total. The van der Waals surface area contributed by atoms with E-state index in [9.17, 15) is 8.42 Å². The van der Waals surface area contributed by atoms with E-state index in [0.717, 1.165) is 37.9 Å². The van der Waals surface area contributed by atoms with Gasteiger partial charge < -0.3 is 0 Å². The van der Waals surface area contributed by atoms with Gasteiger partial charge in [-0.2, -0.15) is 0 Å². The van der Waals surface area contributed by atoms with Crippen LogP contribution >= 0.6 is 0 Å². The Morgan fingerprint density at radius 1 is 0.931 bits per heavy atom. The summed E-state index contributed by atoms with van der Waals surface area (Å²) in [5, 5.41) is 0.792. The van der Waals surface area contributed by atoms with E-state index in [4.69, 9.17) is 4.74 Å². The van der Waals surface area contributed by atoms with E-state index in [1.54, 1.807) is 23.5 Å². The number of methoxy groups -OCH3 is 1. The van der Waals surface area contributed by atoms with E-state index >= 15 is 0 Å². The van der Waals surface area contributed by atoms with Crippen molar-refractivity contribution in [3.63, 3.8) is 0 Å². The summed E-state index contributed by atoms with van der Waals surface area (Å²) in [5.74, 6) is 0.763. The maximum atomic E-state index is 13.8. The number of sulfonamides is 1. The van der Waals surface area contributed by atoms with Gasteiger partial charge in [-0.05, 0) is 0 Å². The Morgan fingerprint density at radius 3 is 2.24 bits per heavy atom. The first-order chi connectivity index (χ1) is 13.9. The molecule has 1 atom stereocenters. The van der Waals surface area contributed by atoms with Crippen molar-refractivity contribution in [1.29, 1.82) is 0 Å². The molecular weight excluding hydrogens is 449 g/mol. The molecule has 0 fully saturated rings. The fraction of sp³-hybridized carbons (Fsp3) is 0.217. The predicted octanol–water partition coefficient (Wildman–Crippen LogP) is 4.01. The van der Waals surface area contributed by atoms with Crippen molar-refractivity contribution < 1.29 is 13.2 Å². The minimum atomic E-state index is -3.71. The molecule has 0 bridgehead atoms. The second kappa shape index (κ2) is 7.86. The van der Waals surface area contributed by atoms with E-state index in [1.165, 1.54) is 0 Å². The van der Waals surface area contributed by atoms with Gasteiger partial charge in [0.2, 0.25) is 0 Å². The molecule has 1 aliphatic heterocycles. The number of hydrogen-bond donors (Lipinski definition) is 0. The second-order valence-corrected chi connectivity index (χ2v) is 11.2. The van der Waals surface area contributed by atoms with Crippen molar-refractivity contribution in [3.8, 4) is 5.75 Å². The van der Waals surface area contributed by atoms with Gasteiger partial charge in [0.1, 0.15) is 0 Å². The molecule has 6 heteroatoms. The van der Waals surface area contributed by atoms with E-state index < -0.39 is 10.0 Å². The zero-order valence-corrected chi connectivity index (χ0v) is 19.2. The molecule has 29 heavy (non-hydrogen) atoms. The van der Waals surface area contributed by atoms with Crippen LogP contribution in [0.1, 0.15) is 22.7 Å².